The first kappa shape index (κ1) is 21.4. The van der Waals surface area contributed by atoms with Crippen LogP contribution in [0.4, 0.5) is 5.69 Å². The van der Waals surface area contributed by atoms with Gasteiger partial charge in [-0.05, 0) is 50.5 Å². The monoisotopic (exact) mass is 375 g/mol. The highest BCUT2D eigenvalue weighted by atomic mass is 15.0. The average molecular weight is 376 g/mol. The molecule has 28 heavy (non-hydrogen) atoms. The SMILES string of the molecule is C=C1CCc2ccccc2N1.CC.CC(C)=C(N)c1cc2ccccc2n1C. The minimum absolute atomic E-state index is 0.869. The van der Waals surface area contributed by atoms with Crippen LogP contribution in [0.1, 0.15) is 45.4 Å². The maximum atomic E-state index is 6.06. The Morgan fingerprint density at radius 2 is 1.64 bits per heavy atom. The minimum Gasteiger partial charge on any atom is -0.397 e. The molecular weight excluding hydrogens is 342 g/mol. The fourth-order valence-corrected chi connectivity index (χ4v) is 3.20. The predicted molar refractivity (Wildman–Crippen MR) is 124 cm³/mol. The van der Waals surface area contributed by atoms with Gasteiger partial charge in [0.25, 0.3) is 0 Å². The molecule has 0 spiro atoms. The fourth-order valence-electron chi connectivity index (χ4n) is 3.20. The van der Waals surface area contributed by atoms with Gasteiger partial charge in [-0.2, -0.15) is 0 Å². The van der Waals surface area contributed by atoms with Crippen LogP contribution in [0.2, 0.25) is 0 Å². The zero-order valence-electron chi connectivity index (χ0n) is 17.8. The minimum atomic E-state index is 0.869. The van der Waals surface area contributed by atoms with E-state index in [1.165, 1.54) is 22.2 Å². The molecule has 1 aliphatic rings. The summed E-state index contributed by atoms with van der Waals surface area (Å²) in [6.07, 6.45) is 2.19. The number of benzene rings is 2. The van der Waals surface area contributed by atoms with Crippen molar-refractivity contribution < 1.29 is 0 Å². The van der Waals surface area contributed by atoms with E-state index in [0.29, 0.717) is 0 Å². The highest BCUT2D eigenvalue weighted by Gasteiger charge is 2.09. The molecule has 0 fully saturated rings. The number of nitrogens with two attached hydrogens (primary N) is 1. The quantitative estimate of drug-likeness (QED) is 0.511. The number of aryl methyl sites for hydroxylation is 2. The Labute approximate surface area is 169 Å². The van der Waals surface area contributed by atoms with Gasteiger partial charge in [0.05, 0.1) is 11.4 Å². The van der Waals surface area contributed by atoms with Gasteiger partial charge in [0.1, 0.15) is 0 Å². The van der Waals surface area contributed by atoms with Crippen molar-refractivity contribution in [1.29, 1.82) is 0 Å². The molecule has 3 aromatic rings. The molecule has 2 heterocycles. The Hall–Kier alpha value is -2.94. The van der Waals surface area contributed by atoms with E-state index in [0.717, 1.165) is 35.5 Å². The molecular formula is C25H33N3. The second-order valence-electron chi connectivity index (χ2n) is 6.95. The van der Waals surface area contributed by atoms with E-state index < -0.39 is 0 Å². The van der Waals surface area contributed by atoms with Crippen molar-refractivity contribution in [3.05, 3.63) is 83.7 Å². The second kappa shape index (κ2) is 9.84. The van der Waals surface area contributed by atoms with Crippen molar-refractivity contribution >= 4 is 22.3 Å². The first-order valence-electron chi connectivity index (χ1n) is 9.98. The van der Waals surface area contributed by atoms with Crippen molar-refractivity contribution in [3.63, 3.8) is 0 Å². The Balaban J connectivity index is 0.000000191. The topological polar surface area (TPSA) is 43.0 Å². The number of para-hydroxylation sites is 2. The molecule has 0 atom stereocenters. The summed E-state index contributed by atoms with van der Waals surface area (Å²) in [7, 11) is 2.05. The molecule has 0 bridgehead atoms. The molecule has 2 aromatic carbocycles. The van der Waals surface area contributed by atoms with Crippen LogP contribution in [0.3, 0.4) is 0 Å². The zero-order chi connectivity index (χ0) is 20.7. The summed E-state index contributed by atoms with van der Waals surface area (Å²) in [5.41, 5.74) is 14.2. The molecule has 148 valence electrons. The van der Waals surface area contributed by atoms with Crippen molar-refractivity contribution in [2.45, 2.75) is 40.5 Å². The molecule has 0 unspecified atom stereocenters. The van der Waals surface area contributed by atoms with E-state index in [1.807, 2.05) is 52.9 Å². The number of nitrogens with one attached hydrogen (secondary N) is 1. The first-order valence-corrected chi connectivity index (χ1v) is 9.98. The number of nitrogens with zero attached hydrogens (tertiary/aromatic N) is 1. The van der Waals surface area contributed by atoms with Crippen LogP contribution in [0.5, 0.6) is 0 Å². The summed E-state index contributed by atoms with van der Waals surface area (Å²) in [5, 5.41) is 4.50. The van der Waals surface area contributed by atoms with Gasteiger partial charge in [0, 0.05) is 29.3 Å². The Bertz CT molecular complexity index is 972. The van der Waals surface area contributed by atoms with Crippen LogP contribution in [0.25, 0.3) is 16.6 Å². The largest absolute Gasteiger partial charge is 0.397 e. The molecule has 3 nitrogen and oxygen atoms in total. The molecule has 3 N–H and O–H groups in total. The van der Waals surface area contributed by atoms with Crippen molar-refractivity contribution in [2.24, 2.45) is 12.8 Å². The summed E-state index contributed by atoms with van der Waals surface area (Å²) < 4.78 is 2.14. The summed E-state index contributed by atoms with van der Waals surface area (Å²) in [5.74, 6) is 0. The van der Waals surface area contributed by atoms with Crippen LogP contribution >= 0.6 is 0 Å². The predicted octanol–water partition coefficient (Wildman–Crippen LogP) is 6.47. The number of anilines is 1. The highest BCUT2D eigenvalue weighted by molar-refractivity contribution is 5.85. The standard InChI is InChI=1S/C13H16N2.C10H11N.C2H6/c1-9(2)13(14)12-8-10-6-4-5-7-11(10)15(12)3;1-8-6-7-9-4-2-3-5-10(9)11-8;1-2/h4-8H,14H2,1-3H3;2-5,11H,1,6-7H2;1-2H3. The first-order chi connectivity index (χ1) is 13.5. The van der Waals surface area contributed by atoms with E-state index in [1.54, 1.807) is 0 Å². The Morgan fingerprint density at radius 1 is 1.00 bits per heavy atom. The normalized spacial score (nSPS) is 12.0. The number of fused-ring (bicyclic) bond motifs is 2. The lowest BCUT2D eigenvalue weighted by molar-refractivity contribution is 0.919. The molecule has 0 saturated heterocycles. The van der Waals surface area contributed by atoms with Crippen molar-refractivity contribution in [2.75, 3.05) is 5.32 Å². The average Bonchev–Trinajstić information content (AvgIpc) is 3.06. The fraction of sp³-hybridized carbons (Fsp3) is 0.280. The third-order valence-corrected chi connectivity index (χ3v) is 4.79. The van der Waals surface area contributed by atoms with Gasteiger partial charge in [-0.1, -0.05) is 62.4 Å². The van der Waals surface area contributed by atoms with E-state index >= 15 is 0 Å². The summed E-state index contributed by atoms with van der Waals surface area (Å²) in [4.78, 5) is 0. The van der Waals surface area contributed by atoms with Gasteiger partial charge in [-0.15, -0.1) is 0 Å². The smallest absolute Gasteiger partial charge is 0.0648 e. The molecule has 1 aliphatic heterocycles. The maximum Gasteiger partial charge on any atom is 0.0648 e. The third kappa shape index (κ3) is 4.86. The van der Waals surface area contributed by atoms with Crippen molar-refractivity contribution in [3.8, 4) is 0 Å². The van der Waals surface area contributed by atoms with Gasteiger partial charge >= 0.3 is 0 Å². The third-order valence-electron chi connectivity index (χ3n) is 4.79. The second-order valence-corrected chi connectivity index (χ2v) is 6.95. The Morgan fingerprint density at radius 3 is 2.32 bits per heavy atom. The maximum absolute atomic E-state index is 6.06. The van der Waals surface area contributed by atoms with Gasteiger partial charge in [-0.3, -0.25) is 0 Å². The molecule has 1 aromatic heterocycles. The van der Waals surface area contributed by atoms with Gasteiger partial charge in [0.15, 0.2) is 0 Å². The van der Waals surface area contributed by atoms with Crippen LogP contribution in [0, 0.1) is 0 Å². The zero-order valence-corrected chi connectivity index (χ0v) is 17.8. The number of rotatable bonds is 1. The molecule has 0 saturated carbocycles. The number of allylic oxidation sites excluding steroid dienone is 2. The van der Waals surface area contributed by atoms with Crippen LogP contribution < -0.4 is 11.1 Å². The highest BCUT2D eigenvalue weighted by Crippen LogP contribution is 2.25. The lowest BCUT2D eigenvalue weighted by Crippen LogP contribution is -2.08. The molecule has 4 rings (SSSR count). The lowest BCUT2D eigenvalue weighted by atomic mass is 10.0. The summed E-state index contributed by atoms with van der Waals surface area (Å²) >= 11 is 0. The van der Waals surface area contributed by atoms with Gasteiger partial charge < -0.3 is 15.6 Å². The summed E-state index contributed by atoms with van der Waals surface area (Å²) in [6, 6.07) is 18.8. The lowest BCUT2D eigenvalue weighted by Gasteiger charge is -2.19. The molecule has 3 heteroatoms. The van der Waals surface area contributed by atoms with Crippen LogP contribution in [-0.4, -0.2) is 4.57 Å². The van der Waals surface area contributed by atoms with Gasteiger partial charge in [-0.25, -0.2) is 0 Å². The number of hydrogen-bond acceptors (Lipinski definition) is 2. The van der Waals surface area contributed by atoms with Crippen LogP contribution in [0.15, 0.2) is 72.4 Å². The molecule has 0 amide bonds. The molecule has 0 aliphatic carbocycles. The van der Waals surface area contributed by atoms with E-state index in [4.69, 9.17) is 5.73 Å². The van der Waals surface area contributed by atoms with E-state index in [2.05, 4.69) is 52.9 Å². The van der Waals surface area contributed by atoms with Crippen LogP contribution in [-0.2, 0) is 13.5 Å². The van der Waals surface area contributed by atoms with E-state index in [-0.39, 0.29) is 0 Å². The molecule has 0 radical (unpaired) electrons. The Kier molecular flexibility index (Phi) is 7.51. The number of hydrogen-bond donors (Lipinski definition) is 2. The van der Waals surface area contributed by atoms with Crippen molar-refractivity contribution in [1.82, 2.24) is 4.57 Å². The number of aromatic nitrogens is 1. The summed E-state index contributed by atoms with van der Waals surface area (Å²) in [6.45, 7) is 12.0. The van der Waals surface area contributed by atoms with E-state index in [9.17, 15) is 0 Å². The van der Waals surface area contributed by atoms with Gasteiger partial charge in [0.2, 0.25) is 0 Å².